The Bertz CT molecular complexity index is 581. The zero-order valence-corrected chi connectivity index (χ0v) is 13.3. The summed E-state index contributed by atoms with van der Waals surface area (Å²) in [7, 11) is 0. The average molecular weight is 284 g/mol. The minimum Gasteiger partial charge on any atom is -0.354 e. The van der Waals surface area contributed by atoms with E-state index >= 15 is 0 Å². The van der Waals surface area contributed by atoms with Crippen molar-refractivity contribution in [2.45, 2.75) is 39.7 Å². The minimum atomic E-state index is -0.178. The molecule has 0 saturated heterocycles. The molecule has 112 valence electrons. The van der Waals surface area contributed by atoms with Gasteiger partial charge in [-0.15, -0.1) is 0 Å². The van der Waals surface area contributed by atoms with Crippen molar-refractivity contribution < 1.29 is 4.79 Å². The number of aromatic nitrogens is 1. The molecule has 2 rings (SSSR count). The van der Waals surface area contributed by atoms with Crippen molar-refractivity contribution in [3.05, 3.63) is 59.4 Å². The summed E-state index contributed by atoms with van der Waals surface area (Å²) in [5.41, 5.74) is 3.48. The normalized spacial score (nSPS) is 13.7. The molecule has 0 saturated carbocycles. The lowest BCUT2D eigenvalue weighted by molar-refractivity contribution is -0.124. The largest absolute Gasteiger partial charge is 0.354 e. The van der Waals surface area contributed by atoms with Crippen molar-refractivity contribution in [2.75, 3.05) is 6.54 Å². The van der Waals surface area contributed by atoms with Gasteiger partial charge in [0.1, 0.15) is 6.04 Å². The number of aryl methyl sites for hydroxylation is 2. The highest BCUT2D eigenvalue weighted by Gasteiger charge is 2.18. The molecule has 0 aliphatic rings. The van der Waals surface area contributed by atoms with Crippen LogP contribution in [0, 0.1) is 13.8 Å². The molecule has 2 aromatic rings. The molecule has 0 unspecified atom stereocenters. The lowest BCUT2D eigenvalue weighted by atomic mass is 10.0. The first-order valence-electron chi connectivity index (χ1n) is 7.47. The monoisotopic (exact) mass is 284 g/mol. The summed E-state index contributed by atoms with van der Waals surface area (Å²) in [6, 6.07) is 14.2. The van der Waals surface area contributed by atoms with E-state index in [1.54, 1.807) is 0 Å². The van der Waals surface area contributed by atoms with Crippen LogP contribution < -0.4 is 5.32 Å². The van der Waals surface area contributed by atoms with E-state index in [4.69, 9.17) is 0 Å². The number of hydrogen-bond donors (Lipinski definition) is 1. The fourth-order valence-corrected chi connectivity index (χ4v) is 2.71. The third-order valence-electron chi connectivity index (χ3n) is 4.04. The Morgan fingerprint density at radius 2 is 1.62 bits per heavy atom. The van der Waals surface area contributed by atoms with Crippen LogP contribution in [0.2, 0.25) is 0 Å². The first kappa shape index (κ1) is 15.4. The van der Waals surface area contributed by atoms with Crippen molar-refractivity contribution >= 4 is 5.91 Å². The Balaban J connectivity index is 1.96. The molecule has 0 radical (unpaired) electrons. The smallest absolute Gasteiger partial charge is 0.242 e. The number of carbonyl (C=O) groups excluding carboxylic acids is 1. The zero-order valence-electron chi connectivity index (χ0n) is 13.3. The molecule has 1 N–H and O–H groups in total. The number of nitrogens with one attached hydrogen (secondary N) is 1. The van der Waals surface area contributed by atoms with E-state index in [0.29, 0.717) is 12.5 Å². The van der Waals surface area contributed by atoms with E-state index in [-0.39, 0.29) is 11.9 Å². The van der Waals surface area contributed by atoms with Gasteiger partial charge in [0.2, 0.25) is 5.91 Å². The first-order chi connectivity index (χ1) is 10.0. The van der Waals surface area contributed by atoms with Gasteiger partial charge in [-0.3, -0.25) is 4.79 Å². The highest BCUT2D eigenvalue weighted by atomic mass is 16.2. The summed E-state index contributed by atoms with van der Waals surface area (Å²) in [4.78, 5) is 12.3. The first-order valence-corrected chi connectivity index (χ1v) is 7.47. The predicted molar refractivity (Wildman–Crippen MR) is 86.5 cm³/mol. The molecule has 0 bridgehead atoms. The second-order valence-electron chi connectivity index (χ2n) is 5.72. The third kappa shape index (κ3) is 3.54. The van der Waals surface area contributed by atoms with Gasteiger partial charge in [0.05, 0.1) is 0 Å². The van der Waals surface area contributed by atoms with Crippen LogP contribution in [0.15, 0.2) is 42.5 Å². The predicted octanol–water partition coefficient (Wildman–Crippen LogP) is 3.59. The number of nitrogens with zero attached hydrogens (tertiary/aromatic N) is 1. The van der Waals surface area contributed by atoms with Crippen LogP contribution in [-0.2, 0) is 4.79 Å². The standard InChI is InChI=1S/C18H24N2O/c1-13(17-8-6-5-7-9-17)12-19-18(21)16(4)20-14(2)10-11-15(20)3/h5-11,13,16H,12H2,1-4H3,(H,19,21)/t13-,16-/m1/s1. The molecular formula is C18H24N2O. The average Bonchev–Trinajstić information content (AvgIpc) is 2.83. The van der Waals surface area contributed by atoms with Gasteiger partial charge in [0, 0.05) is 17.9 Å². The molecule has 1 heterocycles. The number of carbonyl (C=O) groups is 1. The van der Waals surface area contributed by atoms with Gasteiger partial charge < -0.3 is 9.88 Å². The molecule has 2 atom stereocenters. The Morgan fingerprint density at radius 3 is 2.19 bits per heavy atom. The van der Waals surface area contributed by atoms with Gasteiger partial charge in [0.15, 0.2) is 0 Å². The van der Waals surface area contributed by atoms with Gasteiger partial charge in [-0.25, -0.2) is 0 Å². The van der Waals surface area contributed by atoms with E-state index in [9.17, 15) is 4.79 Å². The minimum absolute atomic E-state index is 0.0696. The molecule has 1 aromatic carbocycles. The van der Waals surface area contributed by atoms with E-state index in [0.717, 1.165) is 11.4 Å². The summed E-state index contributed by atoms with van der Waals surface area (Å²) in [6.45, 7) is 8.80. The quantitative estimate of drug-likeness (QED) is 0.894. The number of rotatable bonds is 5. The maximum atomic E-state index is 12.3. The second kappa shape index (κ2) is 6.61. The number of amides is 1. The van der Waals surface area contributed by atoms with Crippen LogP contribution in [0.4, 0.5) is 0 Å². The van der Waals surface area contributed by atoms with E-state index in [1.807, 2.05) is 51.1 Å². The topological polar surface area (TPSA) is 34.0 Å². The Kier molecular flexibility index (Phi) is 4.84. The van der Waals surface area contributed by atoms with Crippen molar-refractivity contribution in [1.82, 2.24) is 9.88 Å². The van der Waals surface area contributed by atoms with Gasteiger partial charge in [-0.05, 0) is 44.4 Å². The van der Waals surface area contributed by atoms with Gasteiger partial charge in [-0.2, -0.15) is 0 Å². The highest BCUT2D eigenvalue weighted by molar-refractivity contribution is 5.80. The molecule has 0 aliphatic carbocycles. The molecule has 0 aliphatic heterocycles. The summed E-state index contributed by atoms with van der Waals surface area (Å²) >= 11 is 0. The van der Waals surface area contributed by atoms with Crippen LogP contribution >= 0.6 is 0 Å². The van der Waals surface area contributed by atoms with Crippen LogP contribution in [0.5, 0.6) is 0 Å². The Hall–Kier alpha value is -2.03. The van der Waals surface area contributed by atoms with Gasteiger partial charge in [-0.1, -0.05) is 37.3 Å². The molecule has 0 spiro atoms. The highest BCUT2D eigenvalue weighted by Crippen LogP contribution is 2.17. The molecule has 21 heavy (non-hydrogen) atoms. The Morgan fingerprint density at radius 1 is 1.05 bits per heavy atom. The molecule has 1 amide bonds. The summed E-state index contributed by atoms with van der Waals surface area (Å²) < 4.78 is 2.07. The molecule has 0 fully saturated rings. The van der Waals surface area contributed by atoms with Crippen molar-refractivity contribution in [2.24, 2.45) is 0 Å². The van der Waals surface area contributed by atoms with Gasteiger partial charge in [0.25, 0.3) is 0 Å². The summed E-state index contributed by atoms with van der Waals surface area (Å²) in [6.07, 6.45) is 0. The summed E-state index contributed by atoms with van der Waals surface area (Å²) in [5.74, 6) is 0.384. The molecule has 1 aromatic heterocycles. The number of hydrogen-bond acceptors (Lipinski definition) is 1. The number of benzene rings is 1. The lowest BCUT2D eigenvalue weighted by Gasteiger charge is -2.20. The fraction of sp³-hybridized carbons (Fsp3) is 0.389. The van der Waals surface area contributed by atoms with Gasteiger partial charge >= 0.3 is 0 Å². The van der Waals surface area contributed by atoms with Crippen molar-refractivity contribution in [1.29, 1.82) is 0 Å². The van der Waals surface area contributed by atoms with Crippen LogP contribution in [-0.4, -0.2) is 17.0 Å². The maximum absolute atomic E-state index is 12.3. The zero-order chi connectivity index (χ0) is 15.4. The van der Waals surface area contributed by atoms with Crippen LogP contribution in [0.25, 0.3) is 0 Å². The SMILES string of the molecule is Cc1ccc(C)n1[C@H](C)C(=O)NC[C@@H](C)c1ccccc1. The van der Waals surface area contributed by atoms with Crippen molar-refractivity contribution in [3.63, 3.8) is 0 Å². The Labute approximate surface area is 127 Å². The van der Waals surface area contributed by atoms with Crippen LogP contribution in [0.1, 0.15) is 42.8 Å². The third-order valence-corrected chi connectivity index (χ3v) is 4.04. The second-order valence-corrected chi connectivity index (χ2v) is 5.72. The van der Waals surface area contributed by atoms with E-state index < -0.39 is 0 Å². The lowest BCUT2D eigenvalue weighted by Crippen LogP contribution is -2.34. The fourth-order valence-electron chi connectivity index (χ4n) is 2.71. The molecule has 3 nitrogen and oxygen atoms in total. The van der Waals surface area contributed by atoms with Crippen LogP contribution in [0.3, 0.4) is 0 Å². The molecule has 3 heteroatoms. The summed E-state index contributed by atoms with van der Waals surface area (Å²) in [5, 5.41) is 3.06. The maximum Gasteiger partial charge on any atom is 0.242 e. The van der Waals surface area contributed by atoms with E-state index in [1.165, 1.54) is 5.56 Å². The molecular weight excluding hydrogens is 260 g/mol. The van der Waals surface area contributed by atoms with Crippen molar-refractivity contribution in [3.8, 4) is 0 Å². The van der Waals surface area contributed by atoms with E-state index in [2.05, 4.69) is 28.9 Å².